The van der Waals surface area contributed by atoms with Crippen molar-refractivity contribution in [3.05, 3.63) is 59.4 Å². The number of ether oxygens (including phenoxy) is 1. The number of nitrogens with one attached hydrogen (secondary N) is 1. The summed E-state index contributed by atoms with van der Waals surface area (Å²) in [6, 6.07) is 10.6. The molecule has 4 nitrogen and oxygen atoms in total. The maximum absolute atomic E-state index is 12.8. The molecule has 23 heavy (non-hydrogen) atoms. The van der Waals surface area contributed by atoms with Crippen molar-refractivity contribution in [2.45, 2.75) is 11.8 Å². The molecule has 0 unspecified atom stereocenters. The molecule has 0 radical (unpaired) electrons. The van der Waals surface area contributed by atoms with Gasteiger partial charge >= 0.3 is 0 Å². The molecule has 0 aliphatic rings. The van der Waals surface area contributed by atoms with Gasteiger partial charge in [0, 0.05) is 5.56 Å². The summed E-state index contributed by atoms with van der Waals surface area (Å²) >= 11 is 0. The fourth-order valence-corrected chi connectivity index (χ4v) is 3.06. The van der Waals surface area contributed by atoms with Gasteiger partial charge in [-0.15, -0.1) is 0 Å². The predicted molar refractivity (Wildman–Crippen MR) is 86.2 cm³/mol. The molecule has 0 saturated heterocycles. The Morgan fingerprint density at radius 3 is 2.52 bits per heavy atom. The Morgan fingerprint density at radius 1 is 1.17 bits per heavy atom. The van der Waals surface area contributed by atoms with Gasteiger partial charge in [-0.05, 0) is 48.9 Å². The van der Waals surface area contributed by atoms with Gasteiger partial charge in [-0.3, -0.25) is 0 Å². The molecule has 0 fully saturated rings. The first kappa shape index (κ1) is 17.0. The molecule has 0 heterocycles. The van der Waals surface area contributed by atoms with Gasteiger partial charge in [0.2, 0.25) is 10.0 Å². The second-order valence-corrected chi connectivity index (χ2v) is 6.52. The molecule has 0 aliphatic heterocycles. The number of sulfonamides is 1. The third kappa shape index (κ3) is 4.55. The highest BCUT2D eigenvalue weighted by molar-refractivity contribution is 7.89. The van der Waals surface area contributed by atoms with Crippen molar-refractivity contribution in [2.24, 2.45) is 0 Å². The quantitative estimate of drug-likeness (QED) is 0.875. The third-order valence-electron chi connectivity index (χ3n) is 3.04. The molecule has 0 aliphatic carbocycles. The van der Waals surface area contributed by atoms with Crippen molar-refractivity contribution in [1.82, 2.24) is 4.72 Å². The Hall–Kier alpha value is -2.36. The van der Waals surface area contributed by atoms with Crippen LogP contribution in [0.15, 0.2) is 47.4 Å². The smallest absolute Gasteiger partial charge is 0.245 e. The normalized spacial score (nSPS) is 10.7. The SMILES string of the molecule is COc1ccc(C)cc1S(=O)(=O)NCC#Cc1ccc(F)cc1. The molecule has 6 heteroatoms. The minimum atomic E-state index is -3.72. The molecular formula is C17H16FNO3S. The van der Waals surface area contributed by atoms with Crippen molar-refractivity contribution in [3.63, 3.8) is 0 Å². The molecule has 0 aromatic heterocycles. The van der Waals surface area contributed by atoms with E-state index in [-0.39, 0.29) is 23.0 Å². The second kappa shape index (κ2) is 7.27. The van der Waals surface area contributed by atoms with E-state index in [0.717, 1.165) is 5.56 Å². The number of methoxy groups -OCH3 is 1. The molecule has 2 rings (SSSR count). The Labute approximate surface area is 135 Å². The Morgan fingerprint density at radius 2 is 1.87 bits per heavy atom. The average Bonchev–Trinajstić information content (AvgIpc) is 2.53. The topological polar surface area (TPSA) is 55.4 Å². The fraction of sp³-hybridized carbons (Fsp3) is 0.176. The van der Waals surface area contributed by atoms with Gasteiger partial charge in [0.1, 0.15) is 16.5 Å². The zero-order valence-corrected chi connectivity index (χ0v) is 13.6. The number of rotatable bonds is 4. The minimum Gasteiger partial charge on any atom is -0.495 e. The molecule has 0 saturated carbocycles. The highest BCUT2D eigenvalue weighted by Crippen LogP contribution is 2.24. The Bertz CT molecular complexity index is 850. The van der Waals surface area contributed by atoms with Crippen molar-refractivity contribution < 1.29 is 17.5 Å². The second-order valence-electron chi connectivity index (χ2n) is 4.79. The van der Waals surface area contributed by atoms with E-state index in [4.69, 9.17) is 4.74 Å². The summed E-state index contributed by atoms with van der Waals surface area (Å²) in [5.74, 6) is 5.38. The summed E-state index contributed by atoms with van der Waals surface area (Å²) in [6.07, 6.45) is 0. The Kier molecular flexibility index (Phi) is 5.37. The lowest BCUT2D eigenvalue weighted by atomic mass is 10.2. The van der Waals surface area contributed by atoms with Gasteiger partial charge in [0.15, 0.2) is 0 Å². The number of hydrogen-bond acceptors (Lipinski definition) is 3. The van der Waals surface area contributed by atoms with Gasteiger partial charge in [-0.2, -0.15) is 4.72 Å². The molecule has 2 aromatic rings. The third-order valence-corrected chi connectivity index (χ3v) is 4.46. The predicted octanol–water partition coefficient (Wildman–Crippen LogP) is 2.47. The average molecular weight is 333 g/mol. The molecule has 2 aromatic carbocycles. The summed E-state index contributed by atoms with van der Waals surface area (Å²) < 4.78 is 44.9. The van der Waals surface area contributed by atoms with E-state index in [9.17, 15) is 12.8 Å². The summed E-state index contributed by atoms with van der Waals surface area (Å²) in [7, 11) is -2.31. The Balaban J connectivity index is 2.11. The zero-order chi connectivity index (χ0) is 16.9. The van der Waals surface area contributed by atoms with Crippen LogP contribution in [0.3, 0.4) is 0 Å². The minimum absolute atomic E-state index is 0.0587. The highest BCUT2D eigenvalue weighted by atomic mass is 32.2. The number of halogens is 1. The van der Waals surface area contributed by atoms with E-state index >= 15 is 0 Å². The monoisotopic (exact) mass is 333 g/mol. The largest absolute Gasteiger partial charge is 0.495 e. The van der Waals surface area contributed by atoms with Crippen LogP contribution >= 0.6 is 0 Å². The molecule has 0 atom stereocenters. The number of aryl methyl sites for hydroxylation is 1. The van der Waals surface area contributed by atoms with E-state index in [0.29, 0.717) is 5.56 Å². The first-order chi connectivity index (χ1) is 10.9. The van der Waals surface area contributed by atoms with Crippen LogP contribution < -0.4 is 9.46 Å². The van der Waals surface area contributed by atoms with E-state index in [2.05, 4.69) is 16.6 Å². The van der Waals surface area contributed by atoms with E-state index in [1.165, 1.54) is 37.4 Å². The van der Waals surface area contributed by atoms with Crippen LogP contribution in [0.25, 0.3) is 0 Å². The van der Waals surface area contributed by atoms with Gasteiger partial charge < -0.3 is 4.74 Å². The standard InChI is InChI=1S/C17H16FNO3S/c1-13-5-10-16(22-2)17(12-13)23(20,21)19-11-3-4-14-6-8-15(18)9-7-14/h5-10,12,19H,11H2,1-2H3. The lowest BCUT2D eigenvalue weighted by molar-refractivity contribution is 0.402. The maximum Gasteiger partial charge on any atom is 0.245 e. The van der Waals surface area contributed by atoms with Crippen LogP contribution in [0.2, 0.25) is 0 Å². The van der Waals surface area contributed by atoms with Crippen molar-refractivity contribution in [1.29, 1.82) is 0 Å². The first-order valence-corrected chi connectivity index (χ1v) is 8.29. The number of benzene rings is 2. The van der Waals surface area contributed by atoms with Crippen LogP contribution in [-0.4, -0.2) is 22.1 Å². The number of hydrogen-bond donors (Lipinski definition) is 1. The van der Waals surface area contributed by atoms with Crippen molar-refractivity contribution >= 4 is 10.0 Å². The molecule has 0 amide bonds. The van der Waals surface area contributed by atoms with E-state index in [1.54, 1.807) is 19.1 Å². The first-order valence-electron chi connectivity index (χ1n) is 6.81. The van der Waals surface area contributed by atoms with Crippen LogP contribution in [0.4, 0.5) is 4.39 Å². The van der Waals surface area contributed by atoms with Crippen molar-refractivity contribution in [2.75, 3.05) is 13.7 Å². The van der Waals surface area contributed by atoms with Crippen LogP contribution in [0.1, 0.15) is 11.1 Å². The fourth-order valence-electron chi connectivity index (χ4n) is 1.88. The molecule has 0 spiro atoms. The van der Waals surface area contributed by atoms with Gasteiger partial charge in [0.25, 0.3) is 0 Å². The summed E-state index contributed by atoms with van der Waals surface area (Å²) in [6.45, 7) is 1.74. The van der Waals surface area contributed by atoms with Gasteiger partial charge in [-0.25, -0.2) is 12.8 Å². The lowest BCUT2D eigenvalue weighted by Gasteiger charge is -2.10. The lowest BCUT2D eigenvalue weighted by Crippen LogP contribution is -2.24. The molecule has 1 N–H and O–H groups in total. The highest BCUT2D eigenvalue weighted by Gasteiger charge is 2.18. The summed E-state index contributed by atoms with van der Waals surface area (Å²) in [4.78, 5) is 0.0728. The van der Waals surface area contributed by atoms with Crippen LogP contribution in [-0.2, 0) is 10.0 Å². The molecular weight excluding hydrogens is 317 g/mol. The van der Waals surface area contributed by atoms with Crippen LogP contribution in [0, 0.1) is 24.6 Å². The zero-order valence-electron chi connectivity index (χ0n) is 12.8. The van der Waals surface area contributed by atoms with Crippen molar-refractivity contribution in [3.8, 4) is 17.6 Å². The van der Waals surface area contributed by atoms with E-state index in [1.807, 2.05) is 0 Å². The summed E-state index contributed by atoms with van der Waals surface area (Å²) in [5.41, 5.74) is 1.42. The van der Waals surface area contributed by atoms with Crippen LogP contribution in [0.5, 0.6) is 5.75 Å². The van der Waals surface area contributed by atoms with Gasteiger partial charge in [-0.1, -0.05) is 17.9 Å². The molecule has 0 bridgehead atoms. The van der Waals surface area contributed by atoms with Gasteiger partial charge in [0.05, 0.1) is 13.7 Å². The molecule has 120 valence electrons. The van der Waals surface area contributed by atoms with E-state index < -0.39 is 10.0 Å². The summed E-state index contributed by atoms with van der Waals surface area (Å²) in [5, 5.41) is 0. The maximum atomic E-state index is 12.8.